The quantitative estimate of drug-likeness (QED) is 0.724. The fourth-order valence-corrected chi connectivity index (χ4v) is 2.45. The van der Waals surface area contributed by atoms with Crippen LogP contribution in [0, 0.1) is 0 Å². The van der Waals surface area contributed by atoms with E-state index in [1.165, 1.54) is 0 Å². The van der Waals surface area contributed by atoms with Gasteiger partial charge in [-0.25, -0.2) is 0 Å². The van der Waals surface area contributed by atoms with Crippen molar-refractivity contribution in [1.29, 1.82) is 0 Å². The minimum Gasteiger partial charge on any atom is -0.378 e. The largest absolute Gasteiger partial charge is 0.378 e. The molecule has 0 aliphatic carbocycles. The number of hydrogen-bond donors (Lipinski definition) is 2. The lowest BCUT2D eigenvalue weighted by Gasteiger charge is -2.22. The van der Waals surface area contributed by atoms with Crippen molar-refractivity contribution in [2.24, 2.45) is 0 Å². The van der Waals surface area contributed by atoms with E-state index in [0.29, 0.717) is 12.6 Å². The predicted octanol–water partition coefficient (Wildman–Crippen LogP) is 0.440. The van der Waals surface area contributed by atoms with Crippen LogP contribution in [0.3, 0.4) is 0 Å². The second-order valence-electron chi connectivity index (χ2n) is 5.03. The molecule has 104 valence electrons. The third-order valence-corrected chi connectivity index (χ3v) is 3.55. The maximum atomic E-state index is 11.6. The first-order valence-electron chi connectivity index (χ1n) is 7.05. The molecule has 18 heavy (non-hydrogen) atoms. The number of piperidine rings is 1. The first-order chi connectivity index (χ1) is 8.84. The van der Waals surface area contributed by atoms with Crippen LogP contribution in [0.1, 0.15) is 32.1 Å². The van der Waals surface area contributed by atoms with E-state index >= 15 is 0 Å². The molecule has 0 aromatic heterocycles. The van der Waals surface area contributed by atoms with Gasteiger partial charge in [-0.3, -0.25) is 4.79 Å². The van der Waals surface area contributed by atoms with Crippen molar-refractivity contribution < 1.29 is 14.3 Å². The minimum atomic E-state index is -0.00784. The van der Waals surface area contributed by atoms with E-state index in [0.717, 1.165) is 51.8 Å². The van der Waals surface area contributed by atoms with Crippen molar-refractivity contribution in [3.63, 3.8) is 0 Å². The lowest BCUT2D eigenvalue weighted by molar-refractivity contribution is -0.128. The highest BCUT2D eigenvalue weighted by atomic mass is 16.5. The minimum absolute atomic E-state index is 0.00784. The second kappa shape index (κ2) is 7.71. The number of ether oxygens (including phenoxy) is 2. The Balaban J connectivity index is 1.49. The van der Waals surface area contributed by atoms with Gasteiger partial charge < -0.3 is 20.1 Å². The summed E-state index contributed by atoms with van der Waals surface area (Å²) in [7, 11) is 0. The Morgan fingerprint density at radius 1 is 1.33 bits per heavy atom. The Labute approximate surface area is 109 Å². The molecule has 0 aromatic carbocycles. The van der Waals surface area contributed by atoms with E-state index in [1.54, 1.807) is 0 Å². The van der Waals surface area contributed by atoms with Crippen molar-refractivity contribution in [3.8, 4) is 0 Å². The zero-order chi connectivity index (χ0) is 12.6. The van der Waals surface area contributed by atoms with Crippen molar-refractivity contribution >= 4 is 5.91 Å². The van der Waals surface area contributed by atoms with Gasteiger partial charge in [-0.05, 0) is 45.2 Å². The van der Waals surface area contributed by atoms with E-state index < -0.39 is 0 Å². The molecule has 1 amide bonds. The molecule has 0 aromatic rings. The molecule has 0 saturated carbocycles. The van der Waals surface area contributed by atoms with E-state index in [4.69, 9.17) is 9.47 Å². The van der Waals surface area contributed by atoms with Gasteiger partial charge in [-0.15, -0.1) is 0 Å². The molecule has 2 aliphatic heterocycles. The summed E-state index contributed by atoms with van der Waals surface area (Å²) in [6.07, 6.45) is 5.79. The summed E-state index contributed by atoms with van der Waals surface area (Å²) in [4.78, 5) is 11.6. The molecule has 0 spiro atoms. The molecular formula is C13H24N2O3. The first kappa shape index (κ1) is 13.8. The van der Waals surface area contributed by atoms with Crippen LogP contribution in [-0.4, -0.2) is 51.0 Å². The molecule has 2 N–H and O–H groups in total. The summed E-state index contributed by atoms with van der Waals surface area (Å²) in [5.74, 6) is -0.00784. The molecule has 5 heteroatoms. The zero-order valence-electron chi connectivity index (χ0n) is 11.0. The number of carbonyl (C=O) groups is 1. The standard InChI is InChI=1S/C13H24N2O3/c16-13(10-18-12-3-6-14-7-4-12)15-8-5-11-2-1-9-17-11/h11-12,14H,1-10H2,(H,15,16). The Hall–Kier alpha value is -0.650. The summed E-state index contributed by atoms with van der Waals surface area (Å²) in [6.45, 7) is 3.74. The van der Waals surface area contributed by atoms with E-state index in [-0.39, 0.29) is 18.6 Å². The third-order valence-electron chi connectivity index (χ3n) is 3.55. The smallest absolute Gasteiger partial charge is 0.246 e. The summed E-state index contributed by atoms with van der Waals surface area (Å²) in [6, 6.07) is 0. The van der Waals surface area contributed by atoms with Crippen LogP contribution < -0.4 is 10.6 Å². The van der Waals surface area contributed by atoms with Crippen LogP contribution in [0.25, 0.3) is 0 Å². The molecule has 2 fully saturated rings. The van der Waals surface area contributed by atoms with E-state index in [1.807, 2.05) is 0 Å². The number of rotatable bonds is 6. The van der Waals surface area contributed by atoms with E-state index in [9.17, 15) is 4.79 Å². The molecular weight excluding hydrogens is 232 g/mol. The predicted molar refractivity (Wildman–Crippen MR) is 68.4 cm³/mol. The van der Waals surface area contributed by atoms with Gasteiger partial charge in [0.25, 0.3) is 0 Å². The van der Waals surface area contributed by atoms with Gasteiger partial charge in [0.1, 0.15) is 6.61 Å². The lowest BCUT2D eigenvalue weighted by Crippen LogP contribution is -2.36. The number of nitrogens with one attached hydrogen (secondary N) is 2. The normalized spacial score (nSPS) is 25.2. The highest BCUT2D eigenvalue weighted by Crippen LogP contribution is 2.14. The Morgan fingerprint density at radius 3 is 2.89 bits per heavy atom. The Kier molecular flexibility index (Phi) is 5.90. The second-order valence-corrected chi connectivity index (χ2v) is 5.03. The molecule has 2 aliphatic rings. The van der Waals surface area contributed by atoms with Gasteiger partial charge in [-0.1, -0.05) is 0 Å². The molecule has 5 nitrogen and oxygen atoms in total. The molecule has 1 atom stereocenters. The van der Waals surface area contributed by atoms with Crippen molar-refractivity contribution in [1.82, 2.24) is 10.6 Å². The van der Waals surface area contributed by atoms with E-state index in [2.05, 4.69) is 10.6 Å². The summed E-state index contributed by atoms with van der Waals surface area (Å²) in [5.41, 5.74) is 0. The Morgan fingerprint density at radius 2 is 2.17 bits per heavy atom. The van der Waals surface area contributed by atoms with Gasteiger partial charge in [0.2, 0.25) is 5.91 Å². The number of hydrogen-bond acceptors (Lipinski definition) is 4. The van der Waals surface area contributed by atoms with Gasteiger partial charge in [0.15, 0.2) is 0 Å². The summed E-state index contributed by atoms with van der Waals surface area (Å²) >= 11 is 0. The Bertz CT molecular complexity index is 249. The van der Waals surface area contributed by atoms with Crippen LogP contribution in [0.5, 0.6) is 0 Å². The summed E-state index contributed by atoms with van der Waals surface area (Å²) < 4.78 is 11.1. The zero-order valence-corrected chi connectivity index (χ0v) is 11.0. The molecule has 0 radical (unpaired) electrons. The highest BCUT2D eigenvalue weighted by Gasteiger charge is 2.16. The van der Waals surface area contributed by atoms with Gasteiger partial charge in [0, 0.05) is 13.2 Å². The van der Waals surface area contributed by atoms with Gasteiger partial charge >= 0.3 is 0 Å². The lowest BCUT2D eigenvalue weighted by atomic mass is 10.1. The highest BCUT2D eigenvalue weighted by molar-refractivity contribution is 5.77. The first-order valence-corrected chi connectivity index (χ1v) is 7.05. The average molecular weight is 256 g/mol. The van der Waals surface area contributed by atoms with Crippen LogP contribution in [0.2, 0.25) is 0 Å². The molecule has 1 unspecified atom stereocenters. The fraction of sp³-hybridized carbons (Fsp3) is 0.923. The summed E-state index contributed by atoms with van der Waals surface area (Å²) in [5, 5.41) is 6.16. The molecule has 0 bridgehead atoms. The maximum Gasteiger partial charge on any atom is 0.246 e. The third kappa shape index (κ3) is 4.92. The van der Waals surface area contributed by atoms with Gasteiger partial charge in [0.05, 0.1) is 12.2 Å². The molecule has 2 heterocycles. The van der Waals surface area contributed by atoms with Crippen LogP contribution >= 0.6 is 0 Å². The molecule has 2 saturated heterocycles. The number of amides is 1. The van der Waals surface area contributed by atoms with Crippen molar-refractivity contribution in [2.45, 2.75) is 44.3 Å². The van der Waals surface area contributed by atoms with Gasteiger partial charge in [-0.2, -0.15) is 0 Å². The van der Waals surface area contributed by atoms with Crippen molar-refractivity contribution in [3.05, 3.63) is 0 Å². The van der Waals surface area contributed by atoms with Crippen LogP contribution in [0.15, 0.2) is 0 Å². The topological polar surface area (TPSA) is 59.6 Å². The van der Waals surface area contributed by atoms with Crippen molar-refractivity contribution in [2.75, 3.05) is 32.8 Å². The monoisotopic (exact) mass is 256 g/mol. The van der Waals surface area contributed by atoms with Crippen LogP contribution in [-0.2, 0) is 14.3 Å². The average Bonchev–Trinajstić information content (AvgIpc) is 2.91. The SMILES string of the molecule is O=C(COC1CCNCC1)NCCC1CCCO1. The molecule has 2 rings (SSSR count). The number of carbonyl (C=O) groups excluding carboxylic acids is 1. The fourth-order valence-electron chi connectivity index (χ4n) is 2.45. The van der Waals surface area contributed by atoms with Crippen LogP contribution in [0.4, 0.5) is 0 Å². The maximum absolute atomic E-state index is 11.6.